The number of aromatic nitrogens is 6. The molecule has 0 atom stereocenters. The summed E-state index contributed by atoms with van der Waals surface area (Å²) in [5.74, 6) is 1.27. The van der Waals surface area contributed by atoms with Crippen molar-refractivity contribution in [2.75, 3.05) is 23.3 Å². The van der Waals surface area contributed by atoms with E-state index in [2.05, 4.69) is 68.1 Å². The first-order valence-corrected chi connectivity index (χ1v) is 12.4. The topological polar surface area (TPSA) is 101 Å². The Balaban J connectivity index is 1.20. The van der Waals surface area contributed by atoms with Crippen molar-refractivity contribution in [1.29, 1.82) is 0 Å². The lowest BCUT2D eigenvalue weighted by molar-refractivity contribution is -0.120. The first-order valence-electron chi connectivity index (χ1n) is 12.4. The Hall–Kier alpha value is -4.66. The first kappa shape index (κ1) is 22.8. The van der Waals surface area contributed by atoms with Crippen LogP contribution in [0.15, 0.2) is 78.9 Å². The highest BCUT2D eigenvalue weighted by Crippen LogP contribution is 2.29. The quantitative estimate of drug-likeness (QED) is 0.389. The van der Waals surface area contributed by atoms with Crippen LogP contribution in [0.1, 0.15) is 18.4 Å². The third-order valence-electron chi connectivity index (χ3n) is 6.78. The summed E-state index contributed by atoms with van der Waals surface area (Å²) in [4.78, 5) is 20.2. The van der Waals surface area contributed by atoms with Crippen LogP contribution in [0.2, 0.25) is 0 Å². The smallest absolute Gasteiger partial charge is 0.228 e. The lowest BCUT2D eigenvalue weighted by Crippen LogP contribution is -2.38. The molecule has 1 amide bonds. The SMILES string of the molecule is Cc1ccc(-c2cc(NC(=O)C3CCN(c4ccc5nnnn5n4)CC3)nc(-c3ccccc3)c2)cc1. The summed E-state index contributed by atoms with van der Waals surface area (Å²) < 4.78 is 1.42. The number of nitrogens with zero attached hydrogens (tertiary/aromatic N) is 7. The van der Waals surface area contributed by atoms with Gasteiger partial charge in [0.05, 0.1) is 5.69 Å². The monoisotopic (exact) mass is 490 g/mol. The third kappa shape index (κ3) is 4.88. The summed E-state index contributed by atoms with van der Waals surface area (Å²) in [6.07, 6.45) is 1.45. The van der Waals surface area contributed by atoms with Crippen LogP contribution in [0.3, 0.4) is 0 Å². The molecule has 184 valence electrons. The number of anilines is 2. The molecule has 37 heavy (non-hydrogen) atoms. The number of pyridine rings is 1. The van der Waals surface area contributed by atoms with E-state index >= 15 is 0 Å². The summed E-state index contributed by atoms with van der Waals surface area (Å²) in [5.41, 5.74) is 5.74. The zero-order valence-corrected chi connectivity index (χ0v) is 20.5. The van der Waals surface area contributed by atoms with Crippen LogP contribution in [0.25, 0.3) is 28.0 Å². The van der Waals surface area contributed by atoms with Crippen molar-refractivity contribution >= 4 is 23.2 Å². The number of hydrogen-bond donors (Lipinski definition) is 1. The van der Waals surface area contributed by atoms with E-state index in [9.17, 15) is 4.79 Å². The number of hydrogen-bond acceptors (Lipinski definition) is 7. The lowest BCUT2D eigenvalue weighted by Gasteiger charge is -2.31. The van der Waals surface area contributed by atoms with Crippen molar-refractivity contribution in [2.45, 2.75) is 19.8 Å². The Kier molecular flexibility index (Phi) is 6.02. The lowest BCUT2D eigenvalue weighted by atomic mass is 9.95. The van der Waals surface area contributed by atoms with Crippen LogP contribution in [-0.4, -0.2) is 49.2 Å². The molecule has 1 saturated heterocycles. The maximum Gasteiger partial charge on any atom is 0.228 e. The first-order chi connectivity index (χ1) is 18.1. The van der Waals surface area contributed by atoms with Gasteiger partial charge in [-0.2, -0.15) is 0 Å². The van der Waals surface area contributed by atoms with E-state index in [1.54, 1.807) is 0 Å². The minimum atomic E-state index is -0.0991. The number of tetrazole rings is 1. The Morgan fingerprint density at radius 3 is 2.46 bits per heavy atom. The molecule has 0 saturated carbocycles. The van der Waals surface area contributed by atoms with Gasteiger partial charge in [0.15, 0.2) is 11.5 Å². The molecule has 0 bridgehead atoms. The Labute approximate surface area is 214 Å². The van der Waals surface area contributed by atoms with Crippen molar-refractivity contribution in [2.24, 2.45) is 5.92 Å². The van der Waals surface area contributed by atoms with Gasteiger partial charge in [-0.25, -0.2) is 4.98 Å². The fourth-order valence-corrected chi connectivity index (χ4v) is 4.67. The summed E-state index contributed by atoms with van der Waals surface area (Å²) >= 11 is 0. The molecule has 6 rings (SSSR count). The van der Waals surface area contributed by atoms with Crippen molar-refractivity contribution in [3.8, 4) is 22.4 Å². The number of aryl methyl sites for hydroxylation is 1. The average molecular weight is 491 g/mol. The van der Waals surface area contributed by atoms with Crippen LogP contribution < -0.4 is 10.2 Å². The van der Waals surface area contributed by atoms with E-state index < -0.39 is 0 Å². The van der Waals surface area contributed by atoms with Crippen molar-refractivity contribution in [3.05, 3.63) is 84.4 Å². The van der Waals surface area contributed by atoms with Gasteiger partial charge >= 0.3 is 0 Å². The van der Waals surface area contributed by atoms with Crippen LogP contribution in [0.5, 0.6) is 0 Å². The number of amides is 1. The molecule has 0 unspecified atom stereocenters. The third-order valence-corrected chi connectivity index (χ3v) is 6.78. The number of carbonyl (C=O) groups excluding carboxylic acids is 1. The normalized spacial score (nSPS) is 14.1. The number of fused-ring (bicyclic) bond motifs is 1. The molecule has 9 heteroatoms. The van der Waals surface area contributed by atoms with E-state index in [-0.39, 0.29) is 11.8 Å². The summed E-state index contributed by atoms with van der Waals surface area (Å²) in [5, 5.41) is 19.0. The van der Waals surface area contributed by atoms with Gasteiger partial charge in [-0.15, -0.1) is 14.8 Å². The molecule has 1 N–H and O–H groups in total. The zero-order valence-electron chi connectivity index (χ0n) is 20.5. The second-order valence-corrected chi connectivity index (χ2v) is 9.33. The number of piperidine rings is 1. The van der Waals surface area contributed by atoms with Crippen molar-refractivity contribution < 1.29 is 4.79 Å². The molecular weight excluding hydrogens is 464 g/mol. The summed E-state index contributed by atoms with van der Waals surface area (Å²) in [6, 6.07) is 26.2. The second-order valence-electron chi connectivity index (χ2n) is 9.33. The maximum absolute atomic E-state index is 13.3. The Morgan fingerprint density at radius 2 is 1.68 bits per heavy atom. The van der Waals surface area contributed by atoms with Gasteiger partial charge in [0, 0.05) is 24.6 Å². The predicted octanol–water partition coefficient (Wildman–Crippen LogP) is 4.41. The van der Waals surface area contributed by atoms with Crippen LogP contribution in [0, 0.1) is 12.8 Å². The highest BCUT2D eigenvalue weighted by molar-refractivity contribution is 5.93. The average Bonchev–Trinajstić information content (AvgIpc) is 3.42. The summed E-state index contributed by atoms with van der Waals surface area (Å²) in [6.45, 7) is 3.53. The van der Waals surface area contributed by atoms with Gasteiger partial charge in [-0.05, 0) is 65.6 Å². The van der Waals surface area contributed by atoms with Crippen molar-refractivity contribution in [3.63, 3.8) is 0 Å². The number of carbonyl (C=O) groups is 1. The zero-order chi connectivity index (χ0) is 25.2. The van der Waals surface area contributed by atoms with E-state index in [1.165, 1.54) is 10.2 Å². The van der Waals surface area contributed by atoms with Crippen LogP contribution in [0.4, 0.5) is 11.6 Å². The molecule has 3 aromatic heterocycles. The molecule has 1 aliphatic heterocycles. The number of nitrogens with one attached hydrogen (secondary N) is 1. The highest BCUT2D eigenvalue weighted by atomic mass is 16.2. The van der Waals surface area contributed by atoms with Gasteiger partial charge in [-0.1, -0.05) is 60.2 Å². The molecule has 0 radical (unpaired) electrons. The van der Waals surface area contributed by atoms with E-state index in [4.69, 9.17) is 4.98 Å². The Morgan fingerprint density at radius 1 is 0.892 bits per heavy atom. The minimum Gasteiger partial charge on any atom is -0.355 e. The molecule has 0 aliphatic carbocycles. The minimum absolute atomic E-state index is 0.00361. The molecule has 5 aromatic rings. The van der Waals surface area contributed by atoms with Gasteiger partial charge in [0.25, 0.3) is 0 Å². The van der Waals surface area contributed by atoms with E-state index in [0.717, 1.165) is 54.1 Å². The molecule has 9 nitrogen and oxygen atoms in total. The van der Waals surface area contributed by atoms with Crippen molar-refractivity contribution in [1.82, 2.24) is 30.2 Å². The number of benzene rings is 2. The molecule has 2 aromatic carbocycles. The van der Waals surface area contributed by atoms with Crippen LogP contribution >= 0.6 is 0 Å². The van der Waals surface area contributed by atoms with E-state index in [0.29, 0.717) is 11.5 Å². The molecular formula is C28H26N8O. The Bertz CT molecular complexity index is 1540. The molecule has 0 spiro atoms. The van der Waals surface area contributed by atoms with Gasteiger partial charge in [-0.3, -0.25) is 4.79 Å². The largest absolute Gasteiger partial charge is 0.355 e. The van der Waals surface area contributed by atoms with Gasteiger partial charge in [0.1, 0.15) is 5.82 Å². The fourth-order valence-electron chi connectivity index (χ4n) is 4.67. The maximum atomic E-state index is 13.3. The number of rotatable bonds is 5. The van der Waals surface area contributed by atoms with Crippen LogP contribution in [-0.2, 0) is 4.79 Å². The predicted molar refractivity (Wildman–Crippen MR) is 142 cm³/mol. The summed E-state index contributed by atoms with van der Waals surface area (Å²) in [7, 11) is 0. The highest BCUT2D eigenvalue weighted by Gasteiger charge is 2.26. The standard InChI is InChI=1S/C28H26N8O/c1-19-7-9-20(10-8-19)23-17-24(21-5-3-2-4-6-21)29-25(18-23)30-28(37)22-13-15-35(16-14-22)27-12-11-26-31-33-34-36(26)32-27/h2-12,17-18,22H,13-16H2,1H3,(H,29,30,37). The van der Waals surface area contributed by atoms with Gasteiger partial charge < -0.3 is 10.2 Å². The molecule has 4 heterocycles. The molecule has 1 aliphatic rings. The van der Waals surface area contributed by atoms with E-state index in [1.807, 2.05) is 48.5 Å². The van der Waals surface area contributed by atoms with Gasteiger partial charge in [0.2, 0.25) is 5.91 Å². The second kappa shape index (κ2) is 9.77. The fraction of sp³-hybridized carbons (Fsp3) is 0.214. The molecule has 1 fully saturated rings.